The number of anilines is 1. The van der Waals surface area contributed by atoms with E-state index < -0.39 is 5.91 Å². The van der Waals surface area contributed by atoms with E-state index in [-0.39, 0.29) is 36.7 Å². The molecular weight excluding hydrogens is 394 g/mol. The molecule has 11 heteroatoms. The molecule has 30 heavy (non-hydrogen) atoms. The second-order valence-corrected chi connectivity index (χ2v) is 6.48. The summed E-state index contributed by atoms with van der Waals surface area (Å²) in [5.74, 6) is 0.0384. The third kappa shape index (κ3) is 6.55. The predicted molar refractivity (Wildman–Crippen MR) is 107 cm³/mol. The lowest BCUT2D eigenvalue weighted by Crippen LogP contribution is -2.44. The van der Waals surface area contributed by atoms with Gasteiger partial charge in [0.15, 0.2) is 0 Å². The van der Waals surface area contributed by atoms with Crippen LogP contribution in [0.5, 0.6) is 5.75 Å². The first-order valence-corrected chi connectivity index (χ1v) is 9.43. The average Bonchev–Trinajstić information content (AvgIpc) is 3.17. The van der Waals surface area contributed by atoms with Crippen LogP contribution in [0.25, 0.3) is 11.5 Å². The Kier molecular flexibility index (Phi) is 8.75. The van der Waals surface area contributed by atoms with Gasteiger partial charge in [0.25, 0.3) is 12.4 Å². The number of nitrogens with zero attached hydrogens (tertiary/aromatic N) is 3. The minimum Gasteiger partial charge on any atom is -0.493 e. The minimum absolute atomic E-state index is 0.0355. The highest BCUT2D eigenvalue weighted by Gasteiger charge is 2.27. The Balaban J connectivity index is 0.00000101. The van der Waals surface area contributed by atoms with Crippen molar-refractivity contribution in [2.75, 3.05) is 31.6 Å². The van der Waals surface area contributed by atoms with Gasteiger partial charge in [0, 0.05) is 6.54 Å². The van der Waals surface area contributed by atoms with Crippen LogP contribution < -0.4 is 15.8 Å². The molecule has 1 atom stereocenters. The standard InChI is InChI=1S/C18H23N5O4.CH2O2/c1-2-26-14-8-4-3-7-13(14)17-21-22-18(27-17)20-16(25)12-6-5-9-23(10-12)11-15(19)24;2-1-3/h3-4,7-8,12H,2,5-6,9-11H2,1H3,(H2,19,24)(H,20,22,25);1H,(H,2,3). The molecule has 0 radical (unpaired) electrons. The van der Waals surface area contributed by atoms with Crippen molar-refractivity contribution >= 4 is 24.3 Å². The normalized spacial score (nSPS) is 16.1. The summed E-state index contributed by atoms with van der Waals surface area (Å²) < 4.78 is 11.1. The number of primary amides is 1. The second-order valence-electron chi connectivity index (χ2n) is 6.48. The van der Waals surface area contributed by atoms with Crippen molar-refractivity contribution in [3.05, 3.63) is 24.3 Å². The third-order valence-electron chi connectivity index (χ3n) is 4.33. The zero-order chi connectivity index (χ0) is 21.9. The summed E-state index contributed by atoms with van der Waals surface area (Å²) in [5.41, 5.74) is 5.90. The van der Waals surface area contributed by atoms with Gasteiger partial charge in [-0.1, -0.05) is 17.2 Å². The van der Waals surface area contributed by atoms with E-state index in [1.165, 1.54) is 0 Å². The Morgan fingerprint density at radius 3 is 2.83 bits per heavy atom. The number of carbonyl (C=O) groups excluding carboxylic acids is 2. The van der Waals surface area contributed by atoms with E-state index >= 15 is 0 Å². The first-order valence-electron chi connectivity index (χ1n) is 9.43. The fourth-order valence-corrected chi connectivity index (χ4v) is 3.15. The van der Waals surface area contributed by atoms with E-state index in [9.17, 15) is 9.59 Å². The summed E-state index contributed by atoms with van der Waals surface area (Å²) >= 11 is 0. The van der Waals surface area contributed by atoms with E-state index in [4.69, 9.17) is 24.8 Å². The number of benzene rings is 1. The molecule has 1 aliphatic heterocycles. The highest BCUT2D eigenvalue weighted by molar-refractivity contribution is 5.91. The van der Waals surface area contributed by atoms with Crippen LogP contribution in [0.1, 0.15) is 19.8 Å². The van der Waals surface area contributed by atoms with Crippen molar-refractivity contribution in [1.82, 2.24) is 15.1 Å². The number of carboxylic acid groups (broad SMARTS) is 1. The molecular formula is C19H25N5O6. The van der Waals surface area contributed by atoms with E-state index in [0.717, 1.165) is 19.4 Å². The maximum atomic E-state index is 12.5. The van der Waals surface area contributed by atoms with Gasteiger partial charge < -0.3 is 20.0 Å². The Hall–Kier alpha value is -3.47. The number of nitrogens with one attached hydrogen (secondary N) is 1. The third-order valence-corrected chi connectivity index (χ3v) is 4.33. The molecule has 2 amide bonds. The van der Waals surface area contributed by atoms with Crippen LogP contribution in [0.4, 0.5) is 6.01 Å². The quantitative estimate of drug-likeness (QED) is 0.555. The fraction of sp³-hybridized carbons (Fsp3) is 0.421. The van der Waals surface area contributed by atoms with Crippen LogP contribution in [-0.2, 0) is 14.4 Å². The second kappa shape index (κ2) is 11.5. The Morgan fingerprint density at radius 2 is 2.13 bits per heavy atom. The number of piperidine rings is 1. The lowest BCUT2D eigenvalue weighted by Gasteiger charge is -2.30. The molecule has 1 unspecified atom stereocenters. The van der Waals surface area contributed by atoms with E-state index in [2.05, 4.69) is 15.5 Å². The van der Waals surface area contributed by atoms with E-state index in [1.807, 2.05) is 36.1 Å². The molecule has 0 aliphatic carbocycles. The van der Waals surface area contributed by atoms with Crippen molar-refractivity contribution in [3.8, 4) is 17.2 Å². The van der Waals surface area contributed by atoms with Crippen LogP contribution in [0.3, 0.4) is 0 Å². The number of rotatable bonds is 7. The molecule has 3 rings (SSSR count). The number of hydrogen-bond donors (Lipinski definition) is 3. The molecule has 1 aromatic heterocycles. The molecule has 2 aromatic rings. The summed E-state index contributed by atoms with van der Waals surface area (Å²) in [6, 6.07) is 7.36. The molecule has 1 aliphatic rings. The number of carbonyl (C=O) groups is 3. The van der Waals surface area contributed by atoms with Gasteiger partial charge in [-0.15, -0.1) is 5.10 Å². The molecule has 1 aromatic carbocycles. The lowest BCUT2D eigenvalue weighted by atomic mass is 9.97. The molecule has 4 N–H and O–H groups in total. The van der Waals surface area contributed by atoms with Crippen molar-refractivity contribution < 1.29 is 28.6 Å². The van der Waals surface area contributed by atoms with Gasteiger partial charge in [0.05, 0.1) is 24.6 Å². The predicted octanol–water partition coefficient (Wildman–Crippen LogP) is 0.972. The first kappa shape index (κ1) is 22.8. The lowest BCUT2D eigenvalue weighted by molar-refractivity contribution is -0.124. The van der Waals surface area contributed by atoms with E-state index in [1.54, 1.807) is 0 Å². The SMILES string of the molecule is CCOc1ccccc1-c1nnc(NC(=O)C2CCCN(CC(N)=O)C2)o1.O=CO. The number of nitrogens with two attached hydrogens (primary N) is 1. The molecule has 11 nitrogen and oxygen atoms in total. The largest absolute Gasteiger partial charge is 0.493 e. The van der Waals surface area contributed by atoms with Crippen LogP contribution in [0.2, 0.25) is 0 Å². The van der Waals surface area contributed by atoms with Crippen LogP contribution in [-0.4, -0.2) is 64.7 Å². The molecule has 162 valence electrons. The van der Waals surface area contributed by atoms with Crippen molar-refractivity contribution in [1.29, 1.82) is 0 Å². The number of aromatic nitrogens is 2. The molecule has 0 saturated carbocycles. The van der Waals surface area contributed by atoms with Gasteiger partial charge in [-0.3, -0.25) is 24.6 Å². The minimum atomic E-state index is -0.398. The monoisotopic (exact) mass is 419 g/mol. The highest BCUT2D eigenvalue weighted by atomic mass is 16.5. The summed E-state index contributed by atoms with van der Waals surface area (Å²) in [5, 5.41) is 17.5. The zero-order valence-electron chi connectivity index (χ0n) is 16.6. The summed E-state index contributed by atoms with van der Waals surface area (Å²) in [6.07, 6.45) is 1.55. The van der Waals surface area contributed by atoms with Gasteiger partial charge >= 0.3 is 6.01 Å². The Labute approximate surface area is 173 Å². The number of likely N-dealkylation sites (tertiary alicyclic amines) is 1. The first-order chi connectivity index (χ1) is 14.5. The average molecular weight is 419 g/mol. The number of amides is 2. The maximum Gasteiger partial charge on any atom is 0.322 e. The molecule has 1 saturated heterocycles. The van der Waals surface area contributed by atoms with E-state index in [0.29, 0.717) is 24.5 Å². The zero-order valence-corrected chi connectivity index (χ0v) is 16.6. The van der Waals surface area contributed by atoms with Crippen molar-refractivity contribution in [2.45, 2.75) is 19.8 Å². The summed E-state index contributed by atoms with van der Waals surface area (Å²) in [4.78, 5) is 33.8. The van der Waals surface area contributed by atoms with Crippen LogP contribution in [0, 0.1) is 5.92 Å². The molecule has 0 bridgehead atoms. The number of para-hydroxylation sites is 1. The molecule has 2 heterocycles. The Morgan fingerprint density at radius 1 is 1.40 bits per heavy atom. The van der Waals surface area contributed by atoms with Gasteiger partial charge in [0.2, 0.25) is 11.8 Å². The summed E-state index contributed by atoms with van der Waals surface area (Å²) in [7, 11) is 0. The van der Waals surface area contributed by atoms with Gasteiger partial charge in [-0.2, -0.15) is 0 Å². The molecule has 0 spiro atoms. The van der Waals surface area contributed by atoms with Crippen molar-refractivity contribution in [2.24, 2.45) is 11.7 Å². The van der Waals surface area contributed by atoms with Gasteiger partial charge in [-0.05, 0) is 38.4 Å². The fourth-order valence-electron chi connectivity index (χ4n) is 3.15. The molecule has 1 fully saturated rings. The highest BCUT2D eigenvalue weighted by Crippen LogP contribution is 2.29. The Bertz CT molecular complexity index is 855. The van der Waals surface area contributed by atoms with Crippen molar-refractivity contribution in [3.63, 3.8) is 0 Å². The maximum absolute atomic E-state index is 12.5. The van der Waals surface area contributed by atoms with Crippen LogP contribution >= 0.6 is 0 Å². The topological polar surface area (TPSA) is 161 Å². The smallest absolute Gasteiger partial charge is 0.322 e. The van der Waals surface area contributed by atoms with Gasteiger partial charge in [-0.25, -0.2) is 0 Å². The summed E-state index contributed by atoms with van der Waals surface area (Å²) in [6.45, 7) is 3.54. The number of hydrogen-bond acceptors (Lipinski definition) is 8. The number of ether oxygens (including phenoxy) is 1. The van der Waals surface area contributed by atoms with Crippen LogP contribution in [0.15, 0.2) is 28.7 Å². The van der Waals surface area contributed by atoms with Gasteiger partial charge in [0.1, 0.15) is 5.75 Å².